The second kappa shape index (κ2) is 10.3. The van der Waals surface area contributed by atoms with Crippen molar-refractivity contribution in [1.82, 2.24) is 9.88 Å². The first-order chi connectivity index (χ1) is 14.6. The van der Waals surface area contributed by atoms with Crippen LogP contribution in [0.2, 0.25) is 0 Å². The van der Waals surface area contributed by atoms with Gasteiger partial charge in [0.15, 0.2) is 5.13 Å². The van der Waals surface area contributed by atoms with Gasteiger partial charge in [0.05, 0.1) is 16.8 Å². The third-order valence-electron chi connectivity index (χ3n) is 5.75. The lowest BCUT2D eigenvalue weighted by Crippen LogP contribution is -2.29. The number of hydrogen-bond acceptors (Lipinski definition) is 5. The molecule has 0 amide bonds. The van der Waals surface area contributed by atoms with Gasteiger partial charge in [0.25, 0.3) is 0 Å². The van der Waals surface area contributed by atoms with Crippen LogP contribution in [0, 0.1) is 17.4 Å². The van der Waals surface area contributed by atoms with Crippen LogP contribution >= 0.6 is 33.9 Å². The predicted molar refractivity (Wildman–Crippen MR) is 136 cm³/mol. The number of hydrogen-bond donors (Lipinski definition) is 1. The van der Waals surface area contributed by atoms with E-state index in [0.717, 1.165) is 35.9 Å². The molecule has 2 heterocycles. The Kier molecular flexibility index (Phi) is 7.49. The van der Waals surface area contributed by atoms with Crippen LogP contribution in [0.25, 0.3) is 10.2 Å². The summed E-state index contributed by atoms with van der Waals surface area (Å²) in [5.74, 6) is 0.977. The van der Waals surface area contributed by atoms with Crippen molar-refractivity contribution in [3.8, 4) is 5.75 Å². The molecule has 6 heteroatoms. The molecule has 1 aliphatic rings. The average Bonchev–Trinajstić information content (AvgIpc) is 3.16. The Morgan fingerprint density at radius 3 is 2.83 bits per heavy atom. The summed E-state index contributed by atoms with van der Waals surface area (Å²) in [5.41, 5.74) is 5.13. The van der Waals surface area contributed by atoms with E-state index in [1.807, 2.05) is 0 Å². The largest absolute Gasteiger partial charge is 0.494 e. The van der Waals surface area contributed by atoms with Gasteiger partial charge in [-0.15, -0.1) is 0 Å². The van der Waals surface area contributed by atoms with Gasteiger partial charge in [-0.05, 0) is 104 Å². The molecule has 0 spiro atoms. The highest BCUT2D eigenvalue weighted by molar-refractivity contribution is 14.1. The summed E-state index contributed by atoms with van der Waals surface area (Å²) >= 11 is 4.15. The number of nitrogens with zero attached hydrogens (tertiary/aromatic N) is 2. The number of piperidine rings is 1. The molecular weight excluding hydrogens is 505 g/mol. The number of halogens is 1. The zero-order chi connectivity index (χ0) is 20.9. The first-order valence-electron chi connectivity index (χ1n) is 10.8. The number of likely N-dealkylation sites (tertiary alicyclic amines) is 1. The summed E-state index contributed by atoms with van der Waals surface area (Å²) < 4.78 is 8.53. The topological polar surface area (TPSA) is 37.4 Å². The molecular formula is C24H30IN3OS. The Bertz CT molecular complexity index is 998. The van der Waals surface area contributed by atoms with Crippen LogP contribution in [0.1, 0.15) is 42.4 Å². The van der Waals surface area contributed by atoms with E-state index in [0.29, 0.717) is 6.61 Å². The van der Waals surface area contributed by atoms with Crippen LogP contribution in [-0.4, -0.2) is 36.1 Å². The van der Waals surface area contributed by atoms with Gasteiger partial charge in [0.1, 0.15) is 5.75 Å². The molecule has 0 aliphatic carbocycles. The number of nitrogens with one attached hydrogen (secondary N) is 1. The summed E-state index contributed by atoms with van der Waals surface area (Å²) in [6.07, 6.45) is 4.98. The molecule has 1 N–H and O–H groups in total. The summed E-state index contributed by atoms with van der Waals surface area (Å²) in [6.45, 7) is 9.39. The molecule has 1 fully saturated rings. The first kappa shape index (κ1) is 21.8. The number of benzene rings is 2. The maximum atomic E-state index is 6.01. The Hall–Kier alpha value is -1.38. The molecule has 2 aromatic carbocycles. The number of ether oxygens (including phenoxy) is 1. The van der Waals surface area contributed by atoms with E-state index in [1.165, 1.54) is 57.3 Å². The van der Waals surface area contributed by atoms with Gasteiger partial charge in [-0.2, -0.15) is 0 Å². The van der Waals surface area contributed by atoms with E-state index < -0.39 is 0 Å². The minimum absolute atomic E-state index is 0.709. The van der Waals surface area contributed by atoms with Crippen LogP contribution in [0.4, 0.5) is 5.13 Å². The summed E-state index contributed by atoms with van der Waals surface area (Å²) in [7, 11) is 0. The second-order valence-corrected chi connectivity index (χ2v) is 10.2. The number of aryl methyl sites for hydroxylation is 1. The zero-order valence-electron chi connectivity index (χ0n) is 17.8. The molecule has 0 bridgehead atoms. The highest BCUT2D eigenvalue weighted by Gasteiger charge is 2.12. The number of thiazole rings is 1. The van der Waals surface area contributed by atoms with Crippen LogP contribution < -0.4 is 10.1 Å². The van der Waals surface area contributed by atoms with Gasteiger partial charge in [-0.3, -0.25) is 4.90 Å². The Labute approximate surface area is 197 Å². The molecule has 30 heavy (non-hydrogen) atoms. The van der Waals surface area contributed by atoms with Crippen molar-refractivity contribution in [3.05, 3.63) is 50.6 Å². The molecule has 0 atom stereocenters. The molecule has 1 aliphatic heterocycles. The molecule has 1 saturated heterocycles. The standard InChI is InChI=1S/C24H30IN3OS/c1-17-14-21-23(22(25)18(17)2)27-24(30-21)26-10-7-13-29-20-9-6-8-19(15-20)16-28-11-4-3-5-12-28/h6,8-9,14-15H,3-5,7,10-13,16H2,1-2H3,(H,26,27). The van der Waals surface area contributed by atoms with Crippen molar-refractivity contribution in [1.29, 1.82) is 0 Å². The molecule has 0 saturated carbocycles. The molecule has 4 nitrogen and oxygen atoms in total. The van der Waals surface area contributed by atoms with Gasteiger partial charge in [-0.25, -0.2) is 4.98 Å². The lowest BCUT2D eigenvalue weighted by Gasteiger charge is -2.26. The Morgan fingerprint density at radius 2 is 2.00 bits per heavy atom. The van der Waals surface area contributed by atoms with E-state index in [2.05, 4.69) is 77.0 Å². The van der Waals surface area contributed by atoms with Gasteiger partial charge in [0, 0.05) is 16.7 Å². The second-order valence-electron chi connectivity index (χ2n) is 8.11. The van der Waals surface area contributed by atoms with Gasteiger partial charge in [0.2, 0.25) is 0 Å². The summed E-state index contributed by atoms with van der Waals surface area (Å²) in [4.78, 5) is 7.34. The normalized spacial score (nSPS) is 14.9. The van der Waals surface area contributed by atoms with Gasteiger partial charge >= 0.3 is 0 Å². The highest BCUT2D eigenvalue weighted by atomic mass is 127. The van der Waals surface area contributed by atoms with Crippen LogP contribution in [0.15, 0.2) is 30.3 Å². The molecule has 1 aromatic heterocycles. The lowest BCUT2D eigenvalue weighted by atomic mass is 10.1. The summed E-state index contributed by atoms with van der Waals surface area (Å²) in [6, 6.07) is 10.8. The van der Waals surface area contributed by atoms with Crippen molar-refractivity contribution in [2.45, 2.75) is 46.1 Å². The third kappa shape index (κ3) is 5.45. The molecule has 0 unspecified atom stereocenters. The number of rotatable bonds is 8. The van der Waals surface area contributed by atoms with Gasteiger partial charge in [-0.1, -0.05) is 29.9 Å². The zero-order valence-corrected chi connectivity index (χ0v) is 20.8. The Morgan fingerprint density at radius 1 is 1.17 bits per heavy atom. The fourth-order valence-corrected chi connectivity index (χ4v) is 5.90. The van der Waals surface area contributed by atoms with E-state index in [4.69, 9.17) is 9.72 Å². The van der Waals surface area contributed by atoms with Crippen molar-refractivity contribution in [2.75, 3.05) is 31.6 Å². The first-order valence-corrected chi connectivity index (χ1v) is 12.7. The van der Waals surface area contributed by atoms with Crippen molar-refractivity contribution in [2.24, 2.45) is 0 Å². The number of fused-ring (bicyclic) bond motifs is 1. The van der Waals surface area contributed by atoms with Crippen molar-refractivity contribution < 1.29 is 4.74 Å². The van der Waals surface area contributed by atoms with Crippen LogP contribution in [0.3, 0.4) is 0 Å². The fourth-order valence-electron chi connectivity index (χ4n) is 3.89. The number of anilines is 1. The van der Waals surface area contributed by atoms with Crippen LogP contribution in [0.5, 0.6) is 5.75 Å². The lowest BCUT2D eigenvalue weighted by molar-refractivity contribution is 0.220. The maximum Gasteiger partial charge on any atom is 0.183 e. The summed E-state index contributed by atoms with van der Waals surface area (Å²) in [5, 5.41) is 4.47. The number of aromatic nitrogens is 1. The highest BCUT2D eigenvalue weighted by Crippen LogP contribution is 2.32. The minimum Gasteiger partial charge on any atom is -0.494 e. The quantitative estimate of drug-likeness (QED) is 0.268. The predicted octanol–water partition coefficient (Wildman–Crippen LogP) is 6.38. The molecule has 0 radical (unpaired) electrons. The van der Waals surface area contributed by atoms with Gasteiger partial charge < -0.3 is 10.1 Å². The van der Waals surface area contributed by atoms with E-state index in [1.54, 1.807) is 11.3 Å². The van der Waals surface area contributed by atoms with Crippen molar-refractivity contribution in [3.63, 3.8) is 0 Å². The van der Waals surface area contributed by atoms with E-state index >= 15 is 0 Å². The van der Waals surface area contributed by atoms with Crippen molar-refractivity contribution >= 4 is 49.3 Å². The monoisotopic (exact) mass is 535 g/mol. The minimum atomic E-state index is 0.709. The average molecular weight is 535 g/mol. The molecule has 160 valence electrons. The maximum absolute atomic E-state index is 6.01. The van der Waals surface area contributed by atoms with Crippen LogP contribution in [-0.2, 0) is 6.54 Å². The SMILES string of the molecule is Cc1cc2sc(NCCCOc3cccc(CN4CCCCC4)c3)nc2c(I)c1C. The third-order valence-corrected chi connectivity index (χ3v) is 8.03. The van der Waals surface area contributed by atoms with E-state index in [9.17, 15) is 0 Å². The molecule has 3 aromatic rings. The smallest absolute Gasteiger partial charge is 0.183 e. The Balaban J connectivity index is 1.24. The van der Waals surface area contributed by atoms with E-state index in [-0.39, 0.29) is 0 Å². The fraction of sp³-hybridized carbons (Fsp3) is 0.458. The molecule has 4 rings (SSSR count).